The minimum absolute atomic E-state index is 0.0150. The molecular weight excluding hydrogens is 551 g/mol. The van der Waals surface area contributed by atoms with Crippen molar-refractivity contribution in [1.82, 2.24) is 20.5 Å². The van der Waals surface area contributed by atoms with Crippen LogP contribution in [0.3, 0.4) is 0 Å². The number of pyridine rings is 1. The number of nitrogens with zero attached hydrogens (tertiary/aromatic N) is 2. The summed E-state index contributed by atoms with van der Waals surface area (Å²) in [5.41, 5.74) is 2.39. The summed E-state index contributed by atoms with van der Waals surface area (Å²) in [6, 6.07) is 11.6. The Morgan fingerprint density at radius 3 is 2.70 bits per heavy atom. The molecule has 1 aliphatic heterocycles. The summed E-state index contributed by atoms with van der Waals surface area (Å²) >= 11 is 0. The molecule has 1 aromatic heterocycles. The second-order valence-electron chi connectivity index (χ2n) is 11.3. The summed E-state index contributed by atoms with van der Waals surface area (Å²) in [5, 5.41) is 16.5. The zero-order valence-electron chi connectivity index (χ0n) is 24.4. The first kappa shape index (κ1) is 30.2. The molecule has 10 heteroatoms. The maximum Gasteiger partial charge on any atom is 0.270 e. The lowest BCUT2D eigenvalue weighted by Crippen LogP contribution is -2.49. The van der Waals surface area contributed by atoms with Gasteiger partial charge in [-0.2, -0.15) is 0 Å². The number of carbonyl (C=O) groups is 3. The molecule has 2 aromatic carbocycles. The monoisotopic (exact) mass is 588 g/mol. The number of ether oxygens (including phenoxy) is 1. The highest BCUT2D eigenvalue weighted by atomic mass is 19.1. The van der Waals surface area contributed by atoms with Crippen LogP contribution >= 0.6 is 0 Å². The van der Waals surface area contributed by atoms with Gasteiger partial charge in [-0.25, -0.2) is 9.37 Å². The number of amides is 3. The Balaban J connectivity index is 1.23. The Morgan fingerprint density at radius 1 is 1.14 bits per heavy atom. The van der Waals surface area contributed by atoms with E-state index < -0.39 is 29.8 Å². The van der Waals surface area contributed by atoms with E-state index in [1.54, 1.807) is 13.2 Å². The fraction of sp³-hybridized carbons (Fsp3) is 0.394. The zero-order chi connectivity index (χ0) is 30.5. The van der Waals surface area contributed by atoms with Crippen LogP contribution in [0.25, 0.3) is 17.0 Å². The Bertz CT molecular complexity index is 1540. The van der Waals surface area contributed by atoms with Gasteiger partial charge in [-0.1, -0.05) is 37.1 Å². The lowest BCUT2D eigenvalue weighted by atomic mass is 9.98. The number of allylic oxidation sites excluding steroid dienone is 1. The number of fused-ring (bicyclic) bond motifs is 1. The normalized spacial score (nSPS) is 19.6. The van der Waals surface area contributed by atoms with Crippen molar-refractivity contribution >= 4 is 34.7 Å². The molecular formula is C33H37FN4O5. The number of aromatic nitrogens is 1. The van der Waals surface area contributed by atoms with Crippen molar-refractivity contribution in [3.05, 3.63) is 77.2 Å². The van der Waals surface area contributed by atoms with Gasteiger partial charge in [-0.3, -0.25) is 14.4 Å². The largest absolute Gasteiger partial charge is 0.497 e. The molecule has 3 aromatic rings. The van der Waals surface area contributed by atoms with E-state index in [0.717, 1.165) is 16.9 Å². The van der Waals surface area contributed by atoms with Crippen LogP contribution in [0.15, 0.2) is 54.6 Å². The molecule has 1 aliphatic carbocycles. The highest BCUT2D eigenvalue weighted by molar-refractivity contribution is 5.97. The quantitative estimate of drug-likeness (QED) is 0.345. The molecule has 1 saturated carbocycles. The van der Waals surface area contributed by atoms with Crippen LogP contribution in [0.4, 0.5) is 4.39 Å². The van der Waals surface area contributed by atoms with Gasteiger partial charge in [0, 0.05) is 18.4 Å². The lowest BCUT2D eigenvalue weighted by molar-refractivity contribution is -0.138. The number of benzene rings is 2. The maximum absolute atomic E-state index is 13.5. The van der Waals surface area contributed by atoms with Gasteiger partial charge < -0.3 is 25.4 Å². The zero-order valence-corrected chi connectivity index (χ0v) is 24.4. The predicted octanol–water partition coefficient (Wildman–Crippen LogP) is 4.15. The van der Waals surface area contributed by atoms with Gasteiger partial charge in [0.2, 0.25) is 11.8 Å². The molecule has 0 unspecified atom stereocenters. The first-order valence-corrected chi connectivity index (χ1v) is 14.7. The van der Waals surface area contributed by atoms with Crippen LogP contribution in [0, 0.1) is 11.7 Å². The molecule has 2 fully saturated rings. The third kappa shape index (κ3) is 7.19. The van der Waals surface area contributed by atoms with Crippen LogP contribution < -0.4 is 15.4 Å². The standard InChI is InChI=1S/C33H37FN4O5/c1-20(27-12-11-26(43-2)16-22(27)8-7-21-5-3-4-6-21)36-33(42)30-17-25(39)19-38(30)31(40)18-35-32(41)29-13-9-23-15-24(34)10-14-28(23)37-29/h7-16,20-21,25,30,39H,3-6,17-19H2,1-2H3,(H,35,41)(H,36,42)/b8-7+/t20-,25+,30-/m0/s1. The smallest absolute Gasteiger partial charge is 0.270 e. The van der Waals surface area contributed by atoms with E-state index in [9.17, 15) is 23.9 Å². The summed E-state index contributed by atoms with van der Waals surface area (Å²) in [6.45, 7) is 1.50. The minimum atomic E-state index is -0.883. The number of likely N-dealkylation sites (tertiary alicyclic amines) is 1. The number of rotatable bonds is 9. The van der Waals surface area contributed by atoms with Gasteiger partial charge in [0.15, 0.2) is 0 Å². The molecule has 43 heavy (non-hydrogen) atoms. The number of aliphatic hydroxyl groups is 1. The molecule has 1 saturated heterocycles. The third-order valence-electron chi connectivity index (χ3n) is 8.25. The number of β-amino-alcohol motifs (C(OH)–C–C–N with tert-alkyl or cyclic N) is 1. The number of methoxy groups -OCH3 is 1. The number of carbonyl (C=O) groups excluding carboxylic acids is 3. The Hall–Kier alpha value is -4.31. The average Bonchev–Trinajstić information content (AvgIpc) is 3.68. The highest BCUT2D eigenvalue weighted by Crippen LogP contribution is 2.30. The van der Waals surface area contributed by atoms with Gasteiger partial charge in [-0.15, -0.1) is 0 Å². The SMILES string of the molecule is COc1ccc([C@H](C)NC(=O)[C@@H]2C[C@@H](O)CN2C(=O)CNC(=O)c2ccc3cc(F)ccc3n2)c(/C=C/C2CCCC2)c1. The van der Waals surface area contributed by atoms with Gasteiger partial charge in [-0.05, 0) is 73.2 Å². The van der Waals surface area contributed by atoms with E-state index in [1.807, 2.05) is 25.1 Å². The molecule has 3 amide bonds. The Kier molecular flexibility index (Phi) is 9.35. The molecule has 0 bridgehead atoms. The highest BCUT2D eigenvalue weighted by Gasteiger charge is 2.39. The predicted molar refractivity (Wildman–Crippen MR) is 161 cm³/mol. The fourth-order valence-electron chi connectivity index (χ4n) is 5.90. The molecule has 2 heterocycles. The molecule has 226 valence electrons. The Morgan fingerprint density at radius 2 is 1.93 bits per heavy atom. The fourth-order valence-corrected chi connectivity index (χ4v) is 5.90. The molecule has 0 radical (unpaired) electrons. The van der Waals surface area contributed by atoms with Crippen molar-refractivity contribution in [3.8, 4) is 5.75 Å². The Labute approximate surface area is 250 Å². The number of halogens is 1. The summed E-state index contributed by atoms with van der Waals surface area (Å²) in [4.78, 5) is 44.8. The van der Waals surface area contributed by atoms with Crippen LogP contribution in [0.1, 0.15) is 66.7 Å². The van der Waals surface area contributed by atoms with Gasteiger partial charge in [0.25, 0.3) is 5.91 Å². The van der Waals surface area contributed by atoms with Crippen molar-refractivity contribution in [3.63, 3.8) is 0 Å². The molecule has 0 spiro atoms. The van der Waals surface area contributed by atoms with Crippen molar-refractivity contribution in [1.29, 1.82) is 0 Å². The number of hydrogen-bond donors (Lipinski definition) is 3. The minimum Gasteiger partial charge on any atom is -0.497 e. The van der Waals surface area contributed by atoms with E-state index in [4.69, 9.17) is 4.74 Å². The van der Waals surface area contributed by atoms with Crippen molar-refractivity contribution < 1.29 is 28.6 Å². The summed E-state index contributed by atoms with van der Waals surface area (Å²) in [6.07, 6.45) is 8.39. The summed E-state index contributed by atoms with van der Waals surface area (Å²) in [7, 11) is 1.62. The summed E-state index contributed by atoms with van der Waals surface area (Å²) in [5.74, 6) is -0.589. The van der Waals surface area contributed by atoms with Gasteiger partial charge in [0.05, 0.1) is 31.3 Å². The van der Waals surface area contributed by atoms with Gasteiger partial charge >= 0.3 is 0 Å². The van der Waals surface area contributed by atoms with Crippen molar-refractivity contribution in [2.45, 2.75) is 57.2 Å². The van der Waals surface area contributed by atoms with Crippen LogP contribution in [-0.4, -0.2) is 65.1 Å². The second-order valence-corrected chi connectivity index (χ2v) is 11.3. The molecule has 3 N–H and O–H groups in total. The molecule has 5 rings (SSSR count). The maximum atomic E-state index is 13.5. The van der Waals surface area contributed by atoms with E-state index in [1.165, 1.54) is 54.8 Å². The van der Waals surface area contributed by atoms with Crippen molar-refractivity contribution in [2.24, 2.45) is 5.92 Å². The lowest BCUT2D eigenvalue weighted by Gasteiger charge is -2.26. The first-order valence-electron chi connectivity index (χ1n) is 14.7. The third-order valence-corrected chi connectivity index (χ3v) is 8.25. The molecule has 3 atom stereocenters. The van der Waals surface area contributed by atoms with Crippen LogP contribution in [0.5, 0.6) is 5.75 Å². The molecule has 9 nitrogen and oxygen atoms in total. The van der Waals surface area contributed by atoms with Crippen LogP contribution in [0.2, 0.25) is 0 Å². The van der Waals surface area contributed by atoms with Gasteiger partial charge in [0.1, 0.15) is 23.3 Å². The topological polar surface area (TPSA) is 121 Å². The second kappa shape index (κ2) is 13.3. The number of nitrogens with one attached hydrogen (secondary N) is 2. The average molecular weight is 589 g/mol. The van der Waals surface area contributed by atoms with E-state index in [2.05, 4.69) is 27.8 Å². The summed E-state index contributed by atoms with van der Waals surface area (Å²) < 4.78 is 18.9. The number of hydrogen-bond acceptors (Lipinski definition) is 6. The van der Waals surface area contributed by atoms with Crippen LogP contribution in [-0.2, 0) is 9.59 Å². The first-order chi connectivity index (χ1) is 20.7. The van der Waals surface area contributed by atoms with E-state index >= 15 is 0 Å². The van der Waals surface area contributed by atoms with E-state index in [0.29, 0.717) is 16.8 Å². The van der Waals surface area contributed by atoms with Crippen molar-refractivity contribution in [2.75, 3.05) is 20.2 Å². The molecule has 2 aliphatic rings. The van der Waals surface area contributed by atoms with E-state index in [-0.39, 0.29) is 37.2 Å². The number of aliphatic hydroxyl groups excluding tert-OH is 1.